The zero-order valence-corrected chi connectivity index (χ0v) is 21.4. The first-order chi connectivity index (χ1) is 16.7. The predicted molar refractivity (Wildman–Crippen MR) is 137 cm³/mol. The van der Waals surface area contributed by atoms with Gasteiger partial charge in [-0.05, 0) is 61.4 Å². The second-order valence-corrected chi connectivity index (χ2v) is 11.9. The molecule has 186 valence electrons. The van der Waals surface area contributed by atoms with Crippen molar-refractivity contribution in [2.45, 2.75) is 32.6 Å². The molecule has 3 aromatic rings. The molecule has 1 N–H and O–H groups in total. The van der Waals surface area contributed by atoms with E-state index < -0.39 is 10.0 Å². The maximum absolute atomic E-state index is 13.0. The monoisotopic (exact) mass is 496 g/mol. The molecule has 1 unspecified atom stereocenters. The SMILES string of the molecule is CNC(=O)c1c2cc(C3CC3)c(N(CC(C)C3COC3)S(C)(=O)=O)cc2nn1-c1ccc(C)cc1. The lowest BCUT2D eigenvalue weighted by atomic mass is 9.92. The van der Waals surface area contributed by atoms with Crippen LogP contribution in [0.1, 0.15) is 47.3 Å². The van der Waals surface area contributed by atoms with E-state index in [0.717, 1.165) is 35.0 Å². The summed E-state index contributed by atoms with van der Waals surface area (Å²) in [6.45, 7) is 5.82. The molecule has 8 nitrogen and oxygen atoms in total. The first kappa shape index (κ1) is 23.8. The lowest BCUT2D eigenvalue weighted by Crippen LogP contribution is -2.42. The van der Waals surface area contributed by atoms with Crippen LogP contribution < -0.4 is 9.62 Å². The van der Waals surface area contributed by atoms with Gasteiger partial charge in [0.15, 0.2) is 0 Å². The molecule has 1 amide bonds. The van der Waals surface area contributed by atoms with E-state index in [0.29, 0.717) is 42.6 Å². The number of hydrogen-bond donors (Lipinski definition) is 1. The van der Waals surface area contributed by atoms with Crippen molar-refractivity contribution in [3.8, 4) is 5.69 Å². The van der Waals surface area contributed by atoms with Gasteiger partial charge in [-0.3, -0.25) is 9.10 Å². The average Bonchev–Trinajstić information content (AvgIpc) is 3.55. The maximum atomic E-state index is 13.0. The number of anilines is 1. The van der Waals surface area contributed by atoms with E-state index in [2.05, 4.69) is 12.2 Å². The first-order valence-corrected chi connectivity index (χ1v) is 13.9. The summed E-state index contributed by atoms with van der Waals surface area (Å²) in [6.07, 6.45) is 3.27. The van der Waals surface area contributed by atoms with Crippen molar-refractivity contribution in [3.63, 3.8) is 0 Å². The molecule has 1 saturated carbocycles. The zero-order chi connectivity index (χ0) is 24.9. The number of aromatic nitrogens is 2. The first-order valence-electron chi connectivity index (χ1n) is 12.1. The summed E-state index contributed by atoms with van der Waals surface area (Å²) < 4.78 is 34.6. The van der Waals surface area contributed by atoms with Gasteiger partial charge in [0, 0.05) is 24.9 Å². The number of carbonyl (C=O) groups is 1. The van der Waals surface area contributed by atoms with Gasteiger partial charge in [-0.25, -0.2) is 13.1 Å². The normalized spacial score (nSPS) is 17.3. The highest BCUT2D eigenvalue weighted by Crippen LogP contribution is 2.47. The number of carbonyl (C=O) groups excluding carboxylic acids is 1. The Balaban J connectivity index is 1.69. The molecule has 0 radical (unpaired) electrons. The molecule has 1 saturated heterocycles. The topological polar surface area (TPSA) is 93.5 Å². The standard InChI is InChI=1S/C26H32N4O4S/c1-16-5-9-20(10-6-16)30-25(26(31)27-3)22-11-21(18-7-8-18)24(12-23(22)28-30)29(35(4,32)33)13-17(2)19-14-34-15-19/h5-6,9-12,17-19H,7-8,13-15H2,1-4H3,(H,27,31). The highest BCUT2D eigenvalue weighted by atomic mass is 32.2. The van der Waals surface area contributed by atoms with E-state index in [4.69, 9.17) is 9.84 Å². The lowest BCUT2D eigenvalue weighted by Gasteiger charge is -2.35. The summed E-state index contributed by atoms with van der Waals surface area (Å²) in [6, 6.07) is 11.7. The molecule has 2 aromatic carbocycles. The summed E-state index contributed by atoms with van der Waals surface area (Å²) >= 11 is 0. The number of benzene rings is 2. The summed E-state index contributed by atoms with van der Waals surface area (Å²) in [7, 11) is -1.93. The number of amides is 1. The molecule has 1 aliphatic carbocycles. The molecule has 9 heteroatoms. The van der Waals surface area contributed by atoms with Gasteiger partial charge in [-0.15, -0.1) is 0 Å². The Morgan fingerprint density at radius 1 is 1.23 bits per heavy atom. The van der Waals surface area contributed by atoms with E-state index in [1.807, 2.05) is 43.3 Å². The van der Waals surface area contributed by atoms with Crippen molar-refractivity contribution in [3.05, 3.63) is 53.2 Å². The van der Waals surface area contributed by atoms with Crippen LogP contribution in [0.4, 0.5) is 5.69 Å². The highest BCUT2D eigenvalue weighted by molar-refractivity contribution is 7.92. The van der Waals surface area contributed by atoms with Gasteiger partial charge in [0.1, 0.15) is 5.69 Å². The third-order valence-electron chi connectivity index (χ3n) is 7.15. The number of nitrogens with one attached hydrogen (secondary N) is 1. The molecule has 2 heterocycles. The Bertz CT molecular complexity index is 1370. The molecular formula is C26H32N4O4S. The van der Waals surface area contributed by atoms with Gasteiger partial charge < -0.3 is 10.1 Å². The van der Waals surface area contributed by atoms with E-state index in [9.17, 15) is 13.2 Å². The van der Waals surface area contributed by atoms with E-state index in [1.54, 1.807) is 11.7 Å². The molecule has 35 heavy (non-hydrogen) atoms. The van der Waals surface area contributed by atoms with E-state index in [-0.39, 0.29) is 17.7 Å². The summed E-state index contributed by atoms with van der Waals surface area (Å²) in [5.74, 6) is 0.558. The van der Waals surface area contributed by atoms with Crippen molar-refractivity contribution in [2.24, 2.45) is 11.8 Å². The Morgan fingerprint density at radius 3 is 2.46 bits per heavy atom. The van der Waals surface area contributed by atoms with Crippen molar-refractivity contribution < 1.29 is 17.9 Å². The van der Waals surface area contributed by atoms with Crippen LogP contribution in [0.3, 0.4) is 0 Å². The van der Waals surface area contributed by atoms with Crippen LogP contribution in [0.15, 0.2) is 36.4 Å². The molecule has 1 aliphatic heterocycles. The summed E-state index contributed by atoms with van der Waals surface area (Å²) in [4.78, 5) is 13.0. The number of ether oxygens (including phenoxy) is 1. The van der Waals surface area contributed by atoms with E-state index in [1.165, 1.54) is 10.6 Å². The van der Waals surface area contributed by atoms with Gasteiger partial charge in [0.2, 0.25) is 10.0 Å². The smallest absolute Gasteiger partial charge is 0.270 e. The second kappa shape index (κ2) is 8.95. The van der Waals surface area contributed by atoms with Crippen molar-refractivity contribution in [2.75, 3.05) is 37.4 Å². The third-order valence-corrected chi connectivity index (χ3v) is 8.30. The Morgan fingerprint density at radius 2 is 1.91 bits per heavy atom. The van der Waals surface area contributed by atoms with Crippen LogP contribution in [0.25, 0.3) is 16.6 Å². The number of sulfonamides is 1. The maximum Gasteiger partial charge on any atom is 0.270 e. The third kappa shape index (κ3) is 4.54. The average molecular weight is 497 g/mol. The fourth-order valence-electron chi connectivity index (χ4n) is 4.69. The second-order valence-electron chi connectivity index (χ2n) is 9.95. The molecule has 2 fully saturated rings. The van der Waals surface area contributed by atoms with Gasteiger partial charge in [0.25, 0.3) is 5.91 Å². The van der Waals surface area contributed by atoms with Crippen molar-refractivity contribution >= 4 is 32.5 Å². The molecule has 0 bridgehead atoms. The predicted octanol–water partition coefficient (Wildman–Crippen LogP) is 3.62. The summed E-state index contributed by atoms with van der Waals surface area (Å²) in [5, 5.41) is 8.25. The molecule has 1 atom stereocenters. The fraction of sp³-hybridized carbons (Fsp3) is 0.462. The van der Waals surface area contributed by atoms with E-state index >= 15 is 0 Å². The van der Waals surface area contributed by atoms with Crippen LogP contribution >= 0.6 is 0 Å². The summed E-state index contributed by atoms with van der Waals surface area (Å²) in [5.41, 5.74) is 4.57. The highest BCUT2D eigenvalue weighted by Gasteiger charge is 2.35. The largest absolute Gasteiger partial charge is 0.381 e. The lowest BCUT2D eigenvalue weighted by molar-refractivity contribution is -0.0549. The number of hydrogen-bond acceptors (Lipinski definition) is 5. The van der Waals surface area contributed by atoms with Gasteiger partial charge in [-0.1, -0.05) is 24.6 Å². The van der Waals surface area contributed by atoms with Crippen molar-refractivity contribution in [1.29, 1.82) is 0 Å². The zero-order valence-electron chi connectivity index (χ0n) is 20.6. The van der Waals surface area contributed by atoms with Crippen molar-refractivity contribution in [1.82, 2.24) is 15.1 Å². The molecular weight excluding hydrogens is 464 g/mol. The number of aryl methyl sites for hydroxylation is 1. The van der Waals surface area contributed by atoms with Gasteiger partial charge >= 0.3 is 0 Å². The Hall–Kier alpha value is -2.91. The Kier molecular flexibility index (Phi) is 6.09. The van der Waals surface area contributed by atoms with Crippen LogP contribution in [-0.4, -0.2) is 57.2 Å². The van der Waals surface area contributed by atoms with Gasteiger partial charge in [-0.2, -0.15) is 5.10 Å². The number of fused-ring (bicyclic) bond motifs is 1. The fourth-order valence-corrected chi connectivity index (χ4v) is 5.71. The Labute approximate surface area is 206 Å². The minimum Gasteiger partial charge on any atom is -0.381 e. The molecule has 0 spiro atoms. The molecule has 2 aliphatic rings. The van der Waals surface area contributed by atoms with Crippen LogP contribution in [0.2, 0.25) is 0 Å². The van der Waals surface area contributed by atoms with Crippen LogP contribution in [0, 0.1) is 18.8 Å². The number of rotatable bonds is 8. The van der Waals surface area contributed by atoms with Gasteiger partial charge in [0.05, 0.1) is 36.4 Å². The quantitative estimate of drug-likeness (QED) is 0.514. The van der Waals surface area contributed by atoms with Crippen LogP contribution in [0.5, 0.6) is 0 Å². The van der Waals surface area contributed by atoms with Crippen LogP contribution in [-0.2, 0) is 14.8 Å². The minimum atomic E-state index is -3.53. The molecule has 5 rings (SSSR count). The minimum absolute atomic E-state index is 0.160. The molecule has 1 aromatic heterocycles. The number of nitrogens with zero attached hydrogens (tertiary/aromatic N) is 3.